The monoisotopic (exact) mass is 368 g/mol. The van der Waals surface area contributed by atoms with Crippen molar-refractivity contribution >= 4 is 35.4 Å². The number of ether oxygens (including phenoxy) is 1. The molecule has 0 bridgehead atoms. The van der Waals surface area contributed by atoms with Crippen LogP contribution in [0.4, 0.5) is 16.4 Å². The Balaban J connectivity index is 1.74. The van der Waals surface area contributed by atoms with Gasteiger partial charge in [-0.15, -0.1) is 0 Å². The molecule has 1 saturated heterocycles. The molecule has 9 nitrogen and oxygen atoms in total. The van der Waals surface area contributed by atoms with Crippen molar-refractivity contribution in [1.82, 2.24) is 19.9 Å². The van der Waals surface area contributed by atoms with Crippen molar-refractivity contribution in [3.05, 3.63) is 35.7 Å². The number of carbonyl (C=O) groups excluding carboxylic acids is 2. The summed E-state index contributed by atoms with van der Waals surface area (Å²) in [5, 5.41) is 13.1. The molecule has 4 rings (SSSR count). The van der Waals surface area contributed by atoms with Gasteiger partial charge in [-0.1, -0.05) is 6.58 Å². The van der Waals surface area contributed by atoms with Gasteiger partial charge in [0.25, 0.3) is 0 Å². The number of fused-ring (bicyclic) bond motifs is 1. The molecule has 1 saturated carbocycles. The number of hydrogen-bond acceptors (Lipinski definition) is 6. The lowest BCUT2D eigenvalue weighted by atomic mass is 10.1. The van der Waals surface area contributed by atoms with E-state index < -0.39 is 6.09 Å². The Morgan fingerprint density at radius 3 is 3.00 bits per heavy atom. The summed E-state index contributed by atoms with van der Waals surface area (Å²) in [7, 11) is 0. The average Bonchev–Trinajstić information content (AvgIpc) is 3.24. The Morgan fingerprint density at radius 1 is 1.52 bits per heavy atom. The molecule has 0 radical (unpaired) electrons. The number of allylic oxidation sites excluding steroid dienone is 1. The van der Waals surface area contributed by atoms with E-state index in [1.165, 1.54) is 0 Å². The van der Waals surface area contributed by atoms with Crippen molar-refractivity contribution in [2.75, 3.05) is 17.2 Å². The minimum atomic E-state index is -0.565. The number of rotatable bonds is 5. The Kier molecular flexibility index (Phi) is 4.27. The third kappa shape index (κ3) is 3.62. The van der Waals surface area contributed by atoms with Crippen LogP contribution in [0, 0.1) is 0 Å². The van der Waals surface area contributed by atoms with Gasteiger partial charge in [-0.2, -0.15) is 9.61 Å². The summed E-state index contributed by atoms with van der Waals surface area (Å²) in [6.07, 6.45) is 5.41. The predicted octanol–water partition coefficient (Wildman–Crippen LogP) is 2.29. The quantitative estimate of drug-likeness (QED) is 0.747. The van der Waals surface area contributed by atoms with Gasteiger partial charge in [0.15, 0.2) is 5.65 Å². The van der Waals surface area contributed by atoms with Crippen LogP contribution in [0.15, 0.2) is 30.1 Å². The van der Waals surface area contributed by atoms with Gasteiger partial charge < -0.3 is 15.4 Å². The van der Waals surface area contributed by atoms with E-state index in [2.05, 4.69) is 32.6 Å². The molecule has 0 unspecified atom stereocenters. The summed E-state index contributed by atoms with van der Waals surface area (Å²) >= 11 is 0. The molecule has 27 heavy (non-hydrogen) atoms. The number of anilines is 2. The number of carbonyl (C=O) groups is 2. The van der Waals surface area contributed by atoms with Gasteiger partial charge in [-0.3, -0.25) is 10.1 Å². The second kappa shape index (κ2) is 6.75. The second-order valence-corrected chi connectivity index (χ2v) is 6.50. The van der Waals surface area contributed by atoms with Crippen LogP contribution in [-0.4, -0.2) is 39.2 Å². The Hall–Kier alpha value is -3.36. The molecule has 0 spiro atoms. The average molecular weight is 368 g/mol. The normalized spacial score (nSPS) is 18.0. The van der Waals surface area contributed by atoms with Gasteiger partial charge in [0.1, 0.15) is 11.6 Å². The van der Waals surface area contributed by atoms with Crippen molar-refractivity contribution < 1.29 is 14.3 Å². The molecule has 0 aromatic carbocycles. The maximum Gasteiger partial charge on any atom is 0.412 e. The summed E-state index contributed by atoms with van der Waals surface area (Å²) < 4.78 is 6.62. The zero-order valence-electron chi connectivity index (χ0n) is 14.9. The SMILES string of the molecule is C=C1NC(=O)C/C1=C\c1cnn2c(NC3CC3)cc(NC(=O)OCC)nc12. The molecule has 2 aliphatic rings. The molecule has 0 atom stereocenters. The van der Waals surface area contributed by atoms with Crippen molar-refractivity contribution in [3.63, 3.8) is 0 Å². The first-order valence-electron chi connectivity index (χ1n) is 8.82. The second-order valence-electron chi connectivity index (χ2n) is 6.50. The van der Waals surface area contributed by atoms with Gasteiger partial charge >= 0.3 is 6.09 Å². The van der Waals surface area contributed by atoms with Crippen LogP contribution in [0.1, 0.15) is 31.7 Å². The van der Waals surface area contributed by atoms with Crippen LogP contribution in [0.2, 0.25) is 0 Å². The minimum Gasteiger partial charge on any atom is -0.450 e. The molecule has 1 aliphatic carbocycles. The van der Waals surface area contributed by atoms with Crippen LogP contribution in [0.25, 0.3) is 11.7 Å². The third-order valence-corrected chi connectivity index (χ3v) is 4.29. The molecule has 9 heteroatoms. The molecular weight excluding hydrogens is 348 g/mol. The molecule has 140 valence electrons. The number of amides is 2. The highest BCUT2D eigenvalue weighted by molar-refractivity contribution is 5.90. The fourth-order valence-corrected chi connectivity index (χ4v) is 2.86. The first-order valence-corrected chi connectivity index (χ1v) is 8.82. The van der Waals surface area contributed by atoms with Crippen molar-refractivity contribution in [2.45, 2.75) is 32.2 Å². The van der Waals surface area contributed by atoms with E-state index in [9.17, 15) is 9.59 Å². The van der Waals surface area contributed by atoms with E-state index >= 15 is 0 Å². The highest BCUT2D eigenvalue weighted by Crippen LogP contribution is 2.28. The maximum atomic E-state index is 11.8. The zero-order chi connectivity index (χ0) is 19.0. The molecule has 2 fully saturated rings. The van der Waals surface area contributed by atoms with Gasteiger partial charge in [0.2, 0.25) is 5.91 Å². The molecule has 2 aromatic rings. The summed E-state index contributed by atoms with van der Waals surface area (Å²) in [6, 6.07) is 2.12. The Bertz CT molecular complexity index is 973. The molecule has 2 aromatic heterocycles. The zero-order valence-corrected chi connectivity index (χ0v) is 14.9. The van der Waals surface area contributed by atoms with E-state index in [1.54, 1.807) is 23.7 Å². The number of nitrogens with zero attached hydrogens (tertiary/aromatic N) is 3. The minimum absolute atomic E-state index is 0.0866. The van der Waals surface area contributed by atoms with Gasteiger partial charge in [-0.05, 0) is 31.4 Å². The molecular formula is C18H20N6O3. The lowest BCUT2D eigenvalue weighted by Gasteiger charge is -2.11. The highest BCUT2D eigenvalue weighted by atomic mass is 16.5. The standard InChI is InChI=1S/C18H20N6O3/c1-3-27-18(26)23-14-8-15(21-13-4-5-13)24-17(22-14)12(9-19-24)6-11-7-16(25)20-10(11)2/h6,8-9,13,21H,2-5,7H2,1H3,(H,20,25)(H,22,23,26)/b11-6+. The van der Waals surface area contributed by atoms with Crippen LogP contribution >= 0.6 is 0 Å². The van der Waals surface area contributed by atoms with Crippen LogP contribution in [-0.2, 0) is 9.53 Å². The highest BCUT2D eigenvalue weighted by Gasteiger charge is 2.24. The number of nitrogens with one attached hydrogen (secondary N) is 3. The molecule has 1 aliphatic heterocycles. The van der Waals surface area contributed by atoms with Crippen molar-refractivity contribution in [2.24, 2.45) is 0 Å². The van der Waals surface area contributed by atoms with Crippen molar-refractivity contribution in [3.8, 4) is 0 Å². The van der Waals surface area contributed by atoms with Gasteiger partial charge in [0, 0.05) is 23.4 Å². The smallest absolute Gasteiger partial charge is 0.412 e. The van der Waals surface area contributed by atoms with Crippen molar-refractivity contribution in [1.29, 1.82) is 0 Å². The van der Waals surface area contributed by atoms with E-state index in [0.717, 1.165) is 29.8 Å². The summed E-state index contributed by atoms with van der Waals surface area (Å²) in [4.78, 5) is 27.8. The van der Waals surface area contributed by atoms with Gasteiger partial charge in [0.05, 0.1) is 19.2 Å². The fraction of sp³-hybridized carbons (Fsp3) is 0.333. The van der Waals surface area contributed by atoms with E-state index in [-0.39, 0.29) is 18.9 Å². The van der Waals surface area contributed by atoms with Crippen LogP contribution in [0.3, 0.4) is 0 Å². The fourth-order valence-electron chi connectivity index (χ4n) is 2.86. The number of aromatic nitrogens is 3. The topological polar surface area (TPSA) is 110 Å². The lowest BCUT2D eigenvalue weighted by molar-refractivity contribution is -0.118. The maximum absolute atomic E-state index is 11.8. The Morgan fingerprint density at radius 2 is 2.33 bits per heavy atom. The molecule has 3 N–H and O–H groups in total. The summed E-state index contributed by atoms with van der Waals surface area (Å²) in [6.45, 7) is 5.87. The van der Waals surface area contributed by atoms with E-state index in [4.69, 9.17) is 4.74 Å². The Labute approximate surface area is 155 Å². The third-order valence-electron chi connectivity index (χ3n) is 4.29. The van der Waals surface area contributed by atoms with E-state index in [1.807, 2.05) is 6.08 Å². The lowest BCUT2D eigenvalue weighted by Crippen LogP contribution is -2.16. The van der Waals surface area contributed by atoms with Gasteiger partial charge in [-0.25, -0.2) is 9.78 Å². The molecule has 3 heterocycles. The first-order chi connectivity index (χ1) is 13.0. The largest absolute Gasteiger partial charge is 0.450 e. The predicted molar refractivity (Wildman–Crippen MR) is 100 cm³/mol. The number of hydrogen-bond donors (Lipinski definition) is 3. The summed E-state index contributed by atoms with van der Waals surface area (Å²) in [5.74, 6) is 1.01. The van der Waals surface area contributed by atoms with Crippen LogP contribution < -0.4 is 16.0 Å². The van der Waals surface area contributed by atoms with Crippen LogP contribution in [0.5, 0.6) is 0 Å². The summed E-state index contributed by atoms with van der Waals surface area (Å²) in [5.41, 5.74) is 2.66. The molecule has 2 amide bonds. The first kappa shape index (κ1) is 17.1. The van der Waals surface area contributed by atoms with E-state index in [0.29, 0.717) is 23.2 Å².